The maximum atomic E-state index is 12.3. The summed E-state index contributed by atoms with van der Waals surface area (Å²) in [7, 11) is 0. The molecule has 0 atom stereocenters. The number of rotatable bonds is 6. The van der Waals surface area contributed by atoms with Crippen LogP contribution in [0.3, 0.4) is 0 Å². The Morgan fingerprint density at radius 1 is 1.19 bits per heavy atom. The molecule has 0 aliphatic rings. The van der Waals surface area contributed by atoms with Crippen molar-refractivity contribution in [3.63, 3.8) is 0 Å². The lowest BCUT2D eigenvalue weighted by atomic mass is 9.87. The van der Waals surface area contributed by atoms with Crippen molar-refractivity contribution in [2.45, 2.75) is 44.8 Å². The summed E-state index contributed by atoms with van der Waals surface area (Å²) in [5.74, 6) is 0.941. The molecule has 0 bridgehead atoms. The van der Waals surface area contributed by atoms with Gasteiger partial charge in [-0.25, -0.2) is 0 Å². The van der Waals surface area contributed by atoms with Crippen LogP contribution in [-0.2, 0) is 16.8 Å². The minimum absolute atomic E-state index is 0.0703. The number of carbonyl (C=O) groups is 1. The molecule has 7 heteroatoms. The summed E-state index contributed by atoms with van der Waals surface area (Å²) in [5.41, 5.74) is 3.00. The second-order valence-corrected chi connectivity index (χ2v) is 8.17. The van der Waals surface area contributed by atoms with Crippen LogP contribution in [0.1, 0.15) is 33.3 Å². The van der Waals surface area contributed by atoms with Gasteiger partial charge in [0.1, 0.15) is 6.26 Å². The summed E-state index contributed by atoms with van der Waals surface area (Å²) in [6, 6.07) is 9.82. The summed E-state index contributed by atoms with van der Waals surface area (Å²) in [5, 5.41) is 12.1. The predicted molar refractivity (Wildman–Crippen MR) is 108 cm³/mol. The number of amides is 1. The minimum Gasteiger partial charge on any atom is -0.472 e. The number of nitrogens with zero attached hydrogens (tertiary/aromatic N) is 3. The molecule has 1 N–H and O–H groups in total. The van der Waals surface area contributed by atoms with E-state index in [1.165, 1.54) is 17.3 Å². The van der Waals surface area contributed by atoms with Crippen LogP contribution in [0.4, 0.5) is 5.69 Å². The Morgan fingerprint density at radius 3 is 2.52 bits per heavy atom. The lowest BCUT2D eigenvalue weighted by molar-refractivity contribution is -0.113. The van der Waals surface area contributed by atoms with E-state index < -0.39 is 0 Å². The predicted octanol–water partition coefficient (Wildman–Crippen LogP) is 4.59. The normalized spacial score (nSPS) is 11.6. The zero-order valence-electron chi connectivity index (χ0n) is 16.0. The molecule has 0 radical (unpaired) electrons. The van der Waals surface area contributed by atoms with Gasteiger partial charge < -0.3 is 14.3 Å². The van der Waals surface area contributed by atoms with Gasteiger partial charge in [0, 0.05) is 12.2 Å². The molecule has 2 aromatic heterocycles. The molecular weight excluding hydrogens is 360 g/mol. The average molecular weight is 385 g/mol. The van der Waals surface area contributed by atoms with Gasteiger partial charge in [-0.3, -0.25) is 4.79 Å². The highest BCUT2D eigenvalue weighted by molar-refractivity contribution is 7.99. The third-order valence-corrected chi connectivity index (χ3v) is 5.15. The van der Waals surface area contributed by atoms with E-state index in [0.717, 1.165) is 17.1 Å². The standard InChI is InChI=1S/C20H24N4O2S/c1-5-24-18(14-10-11-26-12-14)22-23-19(24)27-13-17(25)21-16-8-6-15(7-9-16)20(2,3)4/h6-12H,5,13H2,1-4H3,(H,21,25). The molecule has 27 heavy (non-hydrogen) atoms. The highest BCUT2D eigenvalue weighted by Crippen LogP contribution is 2.25. The van der Waals surface area contributed by atoms with Crippen LogP contribution >= 0.6 is 11.8 Å². The fraction of sp³-hybridized carbons (Fsp3) is 0.350. The second-order valence-electron chi connectivity index (χ2n) is 7.23. The number of anilines is 1. The van der Waals surface area contributed by atoms with Crippen LogP contribution in [0.25, 0.3) is 11.4 Å². The molecule has 1 amide bonds. The van der Waals surface area contributed by atoms with Gasteiger partial charge in [0.05, 0.1) is 17.6 Å². The van der Waals surface area contributed by atoms with Crippen molar-refractivity contribution in [3.8, 4) is 11.4 Å². The third-order valence-electron chi connectivity index (χ3n) is 4.18. The minimum atomic E-state index is -0.0703. The monoisotopic (exact) mass is 384 g/mol. The van der Waals surface area contributed by atoms with E-state index in [1.54, 1.807) is 12.5 Å². The number of nitrogens with one attached hydrogen (secondary N) is 1. The van der Waals surface area contributed by atoms with Crippen LogP contribution in [0, 0.1) is 0 Å². The molecule has 1 aromatic carbocycles. The van der Waals surface area contributed by atoms with Crippen LogP contribution < -0.4 is 5.32 Å². The Kier molecular flexibility index (Phi) is 5.70. The first-order valence-electron chi connectivity index (χ1n) is 8.87. The Balaban J connectivity index is 1.61. The molecule has 3 rings (SSSR count). The molecule has 2 heterocycles. The summed E-state index contributed by atoms with van der Waals surface area (Å²) >= 11 is 1.37. The van der Waals surface area contributed by atoms with Gasteiger partial charge in [0.25, 0.3) is 0 Å². The second kappa shape index (κ2) is 8.00. The summed E-state index contributed by atoms with van der Waals surface area (Å²) in [4.78, 5) is 12.3. The van der Waals surface area contributed by atoms with E-state index in [9.17, 15) is 4.79 Å². The van der Waals surface area contributed by atoms with Crippen LogP contribution in [0.15, 0.2) is 52.4 Å². The first-order valence-corrected chi connectivity index (χ1v) is 9.86. The number of hydrogen-bond acceptors (Lipinski definition) is 5. The van der Waals surface area contributed by atoms with Crippen molar-refractivity contribution in [2.24, 2.45) is 0 Å². The first kappa shape index (κ1) is 19.2. The van der Waals surface area contributed by atoms with Gasteiger partial charge in [-0.1, -0.05) is 44.7 Å². The largest absolute Gasteiger partial charge is 0.472 e. The zero-order chi connectivity index (χ0) is 19.4. The number of hydrogen-bond donors (Lipinski definition) is 1. The maximum absolute atomic E-state index is 12.3. The molecule has 142 valence electrons. The van der Waals surface area contributed by atoms with E-state index in [-0.39, 0.29) is 17.1 Å². The quantitative estimate of drug-likeness (QED) is 0.630. The van der Waals surface area contributed by atoms with E-state index in [0.29, 0.717) is 11.7 Å². The van der Waals surface area contributed by atoms with Gasteiger partial charge in [-0.2, -0.15) is 0 Å². The fourth-order valence-electron chi connectivity index (χ4n) is 2.67. The van der Waals surface area contributed by atoms with Gasteiger partial charge in [-0.15, -0.1) is 10.2 Å². The number of thioether (sulfide) groups is 1. The van der Waals surface area contributed by atoms with Gasteiger partial charge in [0.2, 0.25) is 5.91 Å². The molecule has 0 saturated carbocycles. The van der Waals surface area contributed by atoms with Crippen LogP contribution in [-0.4, -0.2) is 26.4 Å². The smallest absolute Gasteiger partial charge is 0.234 e. The average Bonchev–Trinajstić information content (AvgIpc) is 3.28. The Bertz CT molecular complexity index is 893. The Hall–Kier alpha value is -2.54. The summed E-state index contributed by atoms with van der Waals surface area (Å²) in [6.45, 7) is 9.23. The number of benzene rings is 1. The molecule has 6 nitrogen and oxygen atoms in total. The van der Waals surface area contributed by atoms with Gasteiger partial charge >= 0.3 is 0 Å². The zero-order valence-corrected chi connectivity index (χ0v) is 16.8. The van der Waals surface area contributed by atoms with E-state index >= 15 is 0 Å². The van der Waals surface area contributed by atoms with E-state index in [4.69, 9.17) is 4.42 Å². The summed E-state index contributed by atoms with van der Waals surface area (Å²) < 4.78 is 7.09. The number of aromatic nitrogens is 3. The topological polar surface area (TPSA) is 73.0 Å². The van der Waals surface area contributed by atoms with Crippen LogP contribution in [0.2, 0.25) is 0 Å². The van der Waals surface area contributed by atoms with Crippen LogP contribution in [0.5, 0.6) is 0 Å². The lowest BCUT2D eigenvalue weighted by Gasteiger charge is -2.19. The van der Waals surface area contributed by atoms with E-state index in [1.807, 2.05) is 41.8 Å². The van der Waals surface area contributed by atoms with Gasteiger partial charge in [0.15, 0.2) is 11.0 Å². The highest BCUT2D eigenvalue weighted by Gasteiger charge is 2.16. The molecular formula is C20H24N4O2S. The molecule has 0 saturated heterocycles. The SMILES string of the molecule is CCn1c(SCC(=O)Nc2ccc(C(C)(C)C)cc2)nnc1-c1ccoc1. The first-order chi connectivity index (χ1) is 12.9. The maximum Gasteiger partial charge on any atom is 0.234 e. The number of carbonyl (C=O) groups excluding carboxylic acids is 1. The highest BCUT2D eigenvalue weighted by atomic mass is 32.2. The van der Waals surface area contributed by atoms with E-state index in [2.05, 4.69) is 36.3 Å². The Labute approximate surface area is 163 Å². The molecule has 0 fully saturated rings. The lowest BCUT2D eigenvalue weighted by Crippen LogP contribution is -2.15. The fourth-order valence-corrected chi connectivity index (χ4v) is 3.47. The molecule has 3 aromatic rings. The van der Waals surface area contributed by atoms with Gasteiger partial charge in [-0.05, 0) is 36.1 Å². The third kappa shape index (κ3) is 4.60. The molecule has 0 spiro atoms. The Morgan fingerprint density at radius 2 is 1.93 bits per heavy atom. The summed E-state index contributed by atoms with van der Waals surface area (Å²) in [6.07, 6.45) is 3.24. The number of furan rings is 1. The van der Waals surface area contributed by atoms with Crippen molar-refractivity contribution >= 4 is 23.4 Å². The van der Waals surface area contributed by atoms with Crippen molar-refractivity contribution < 1.29 is 9.21 Å². The molecule has 0 aliphatic heterocycles. The molecule has 0 aliphatic carbocycles. The van der Waals surface area contributed by atoms with Crippen molar-refractivity contribution in [3.05, 3.63) is 48.4 Å². The van der Waals surface area contributed by atoms with Crippen molar-refractivity contribution in [1.82, 2.24) is 14.8 Å². The molecule has 0 unspecified atom stereocenters. The van der Waals surface area contributed by atoms with Crippen molar-refractivity contribution in [2.75, 3.05) is 11.1 Å². The van der Waals surface area contributed by atoms with Crippen molar-refractivity contribution in [1.29, 1.82) is 0 Å².